The first-order valence-corrected chi connectivity index (χ1v) is 4.15. The zero-order chi connectivity index (χ0) is 10.9. The molecule has 0 saturated heterocycles. The van der Waals surface area contributed by atoms with Gasteiger partial charge in [-0.2, -0.15) is 18.4 Å². The van der Waals surface area contributed by atoms with Gasteiger partial charge in [0.25, 0.3) is 0 Å². The molecule has 0 aromatic heterocycles. The van der Waals surface area contributed by atoms with Crippen LogP contribution in [0.4, 0.5) is 13.2 Å². The van der Waals surface area contributed by atoms with Crippen LogP contribution in [0.2, 0.25) is 0 Å². The highest BCUT2D eigenvalue weighted by Gasteiger charge is 2.32. The van der Waals surface area contributed by atoms with Crippen molar-refractivity contribution in [2.24, 2.45) is 0 Å². The van der Waals surface area contributed by atoms with E-state index in [1.807, 2.05) is 0 Å². The van der Waals surface area contributed by atoms with Gasteiger partial charge in [0.2, 0.25) is 0 Å². The third-order valence-electron chi connectivity index (χ3n) is 1.51. The number of aromatic hydroxyl groups is 1. The Morgan fingerprint density at radius 2 is 1.93 bits per heavy atom. The fraction of sp³-hybridized carbons (Fsp3) is 0.125. The summed E-state index contributed by atoms with van der Waals surface area (Å²) in [5.74, 6) is -0.486. The zero-order valence-electron chi connectivity index (χ0n) is 6.56. The van der Waals surface area contributed by atoms with Crippen LogP contribution in [0.5, 0.6) is 5.75 Å². The van der Waals surface area contributed by atoms with Crippen LogP contribution in [0.1, 0.15) is 11.1 Å². The Labute approximate surface area is 85.7 Å². The number of alkyl halides is 3. The Bertz CT molecular complexity index is 408. The van der Waals surface area contributed by atoms with E-state index < -0.39 is 23.1 Å². The summed E-state index contributed by atoms with van der Waals surface area (Å²) in [6.07, 6.45) is -4.53. The van der Waals surface area contributed by atoms with Gasteiger partial charge < -0.3 is 5.11 Å². The maximum absolute atomic E-state index is 12.2. The molecule has 0 unspecified atom stereocenters. The first-order valence-electron chi connectivity index (χ1n) is 3.36. The number of nitrogens with zero attached hydrogens (tertiary/aromatic N) is 1. The van der Waals surface area contributed by atoms with E-state index in [2.05, 4.69) is 15.9 Å². The molecule has 6 heteroatoms. The molecule has 2 nitrogen and oxygen atoms in total. The van der Waals surface area contributed by atoms with Crippen molar-refractivity contribution in [2.75, 3.05) is 0 Å². The van der Waals surface area contributed by atoms with E-state index in [4.69, 9.17) is 10.4 Å². The van der Waals surface area contributed by atoms with Gasteiger partial charge in [-0.15, -0.1) is 0 Å². The minimum Gasteiger partial charge on any atom is -0.505 e. The fourth-order valence-electron chi connectivity index (χ4n) is 0.848. The molecule has 0 fully saturated rings. The summed E-state index contributed by atoms with van der Waals surface area (Å²) in [5, 5.41) is 17.6. The largest absolute Gasteiger partial charge is 0.505 e. The normalized spacial score (nSPS) is 11.1. The van der Waals surface area contributed by atoms with E-state index in [1.54, 1.807) is 0 Å². The van der Waals surface area contributed by atoms with E-state index in [0.29, 0.717) is 6.07 Å². The monoisotopic (exact) mass is 265 g/mol. The molecule has 1 aromatic rings. The van der Waals surface area contributed by atoms with Crippen LogP contribution in [0.25, 0.3) is 0 Å². The zero-order valence-corrected chi connectivity index (χ0v) is 8.15. The predicted molar refractivity (Wildman–Crippen MR) is 45.5 cm³/mol. The Kier molecular flexibility index (Phi) is 2.71. The molecule has 0 saturated carbocycles. The Balaban J connectivity index is 3.40. The SMILES string of the molecule is N#Cc1cc(C(F)(F)F)cc(Br)c1O. The van der Waals surface area contributed by atoms with Gasteiger partial charge in [-0.25, -0.2) is 0 Å². The Morgan fingerprint density at radius 3 is 2.36 bits per heavy atom. The van der Waals surface area contributed by atoms with Crippen molar-refractivity contribution in [3.8, 4) is 11.8 Å². The lowest BCUT2D eigenvalue weighted by Crippen LogP contribution is -2.05. The quantitative estimate of drug-likeness (QED) is 0.784. The summed E-state index contributed by atoms with van der Waals surface area (Å²) in [6.45, 7) is 0. The van der Waals surface area contributed by atoms with Crippen molar-refractivity contribution in [1.82, 2.24) is 0 Å². The molecule has 0 heterocycles. The molecular formula is C8H3BrF3NO. The maximum Gasteiger partial charge on any atom is 0.416 e. The van der Waals surface area contributed by atoms with Gasteiger partial charge in [-0.05, 0) is 28.1 Å². The van der Waals surface area contributed by atoms with Crippen LogP contribution in [0, 0.1) is 11.3 Å². The summed E-state index contributed by atoms with van der Waals surface area (Å²) >= 11 is 2.73. The number of phenolic OH excluding ortho intramolecular Hbond substituents is 1. The number of halogens is 4. The van der Waals surface area contributed by atoms with Crippen molar-refractivity contribution < 1.29 is 18.3 Å². The first kappa shape index (κ1) is 10.9. The van der Waals surface area contributed by atoms with Gasteiger partial charge in [-0.3, -0.25) is 0 Å². The van der Waals surface area contributed by atoms with Crippen molar-refractivity contribution >= 4 is 15.9 Å². The molecule has 74 valence electrons. The van der Waals surface area contributed by atoms with Gasteiger partial charge in [-0.1, -0.05) is 0 Å². The maximum atomic E-state index is 12.2. The summed E-state index contributed by atoms with van der Waals surface area (Å²) in [6, 6.07) is 2.78. The number of rotatable bonds is 0. The number of hydrogen-bond acceptors (Lipinski definition) is 2. The third-order valence-corrected chi connectivity index (χ3v) is 2.12. The predicted octanol–water partition coefficient (Wildman–Crippen LogP) is 3.05. The summed E-state index contributed by atoms with van der Waals surface area (Å²) < 4.78 is 36.5. The van der Waals surface area contributed by atoms with Gasteiger partial charge in [0.1, 0.15) is 11.8 Å². The van der Waals surface area contributed by atoms with E-state index in [1.165, 1.54) is 6.07 Å². The minimum atomic E-state index is -4.53. The van der Waals surface area contributed by atoms with Crippen LogP contribution in [0.15, 0.2) is 16.6 Å². The summed E-state index contributed by atoms with van der Waals surface area (Å²) in [5.41, 5.74) is -1.38. The first-order chi connectivity index (χ1) is 6.36. The fourth-order valence-corrected chi connectivity index (χ4v) is 1.31. The lowest BCUT2D eigenvalue weighted by Gasteiger charge is -2.08. The average molecular weight is 266 g/mol. The second-order valence-corrected chi connectivity index (χ2v) is 3.32. The summed E-state index contributed by atoms with van der Waals surface area (Å²) in [4.78, 5) is 0. The molecule has 1 rings (SSSR count). The van der Waals surface area contributed by atoms with Crippen LogP contribution in [0.3, 0.4) is 0 Å². The van der Waals surface area contributed by atoms with Crippen LogP contribution in [-0.4, -0.2) is 5.11 Å². The number of phenols is 1. The summed E-state index contributed by atoms with van der Waals surface area (Å²) in [7, 11) is 0. The van der Waals surface area contributed by atoms with Gasteiger partial charge in [0.15, 0.2) is 0 Å². The molecule has 0 bridgehead atoms. The number of benzene rings is 1. The minimum absolute atomic E-state index is 0.149. The van der Waals surface area contributed by atoms with Crippen molar-refractivity contribution in [2.45, 2.75) is 6.18 Å². The molecular weight excluding hydrogens is 263 g/mol. The molecule has 14 heavy (non-hydrogen) atoms. The Morgan fingerprint density at radius 1 is 1.36 bits per heavy atom. The van der Waals surface area contributed by atoms with Crippen LogP contribution in [-0.2, 0) is 6.18 Å². The lowest BCUT2D eigenvalue weighted by molar-refractivity contribution is -0.137. The molecule has 1 N–H and O–H groups in total. The van der Waals surface area contributed by atoms with Crippen LogP contribution >= 0.6 is 15.9 Å². The lowest BCUT2D eigenvalue weighted by atomic mass is 10.1. The van der Waals surface area contributed by atoms with E-state index in [9.17, 15) is 13.2 Å². The van der Waals surface area contributed by atoms with Crippen molar-refractivity contribution in [3.05, 3.63) is 27.7 Å². The topological polar surface area (TPSA) is 44.0 Å². The van der Waals surface area contributed by atoms with Crippen molar-refractivity contribution in [1.29, 1.82) is 5.26 Å². The molecule has 0 aliphatic rings. The average Bonchev–Trinajstić information content (AvgIpc) is 2.07. The van der Waals surface area contributed by atoms with E-state index in [0.717, 1.165) is 6.07 Å². The molecule has 0 spiro atoms. The van der Waals surface area contributed by atoms with E-state index >= 15 is 0 Å². The Hall–Kier alpha value is -1.22. The van der Waals surface area contributed by atoms with Crippen molar-refractivity contribution in [3.63, 3.8) is 0 Å². The molecule has 0 atom stereocenters. The second-order valence-electron chi connectivity index (χ2n) is 2.46. The molecule has 0 aliphatic carbocycles. The molecule has 0 amide bonds. The smallest absolute Gasteiger partial charge is 0.416 e. The van der Waals surface area contributed by atoms with Gasteiger partial charge in [0.05, 0.1) is 15.6 Å². The molecule has 1 aromatic carbocycles. The standard InChI is InChI=1S/C8H3BrF3NO/c9-6-2-5(8(10,11)12)1-4(3-13)7(6)14/h1-2,14H. The van der Waals surface area contributed by atoms with Crippen LogP contribution < -0.4 is 0 Å². The third kappa shape index (κ3) is 1.99. The van der Waals surface area contributed by atoms with Gasteiger partial charge >= 0.3 is 6.18 Å². The highest BCUT2D eigenvalue weighted by Crippen LogP contribution is 2.36. The van der Waals surface area contributed by atoms with Gasteiger partial charge in [0, 0.05) is 0 Å². The molecule has 0 radical (unpaired) electrons. The van der Waals surface area contributed by atoms with E-state index in [-0.39, 0.29) is 4.47 Å². The molecule has 0 aliphatic heterocycles. The highest BCUT2D eigenvalue weighted by molar-refractivity contribution is 9.10. The number of nitriles is 1. The number of hydrogen-bond donors (Lipinski definition) is 1. The second kappa shape index (κ2) is 3.50. The highest BCUT2D eigenvalue weighted by atomic mass is 79.9.